The standard InChI is InChI=1S/C24H47NO4S.K/c1-3-4-5-6-7-8-9-10-11-12-13-14-15-16-17-18-19-21-24(26)25(2)22-20-23-30(27,28)29;/h19,21H,3-18,20,22-23H2,1-2H3,(H,27,28,29);/q;+1/p-1/b21-19+;. The summed E-state index contributed by atoms with van der Waals surface area (Å²) in [6.45, 7) is 2.55. The van der Waals surface area contributed by atoms with Gasteiger partial charge >= 0.3 is 51.4 Å². The van der Waals surface area contributed by atoms with E-state index in [1.165, 1.54) is 94.8 Å². The Labute approximate surface area is 235 Å². The number of amides is 1. The quantitative estimate of drug-likeness (QED) is 0.109. The van der Waals surface area contributed by atoms with Crippen molar-refractivity contribution in [3.05, 3.63) is 12.2 Å². The van der Waals surface area contributed by atoms with Crippen molar-refractivity contribution >= 4 is 16.0 Å². The Morgan fingerprint density at radius 2 is 1.19 bits per heavy atom. The van der Waals surface area contributed by atoms with Crippen molar-refractivity contribution in [3.8, 4) is 0 Å². The Kier molecular flexibility index (Phi) is 26.2. The minimum atomic E-state index is -4.20. The Morgan fingerprint density at radius 3 is 1.61 bits per heavy atom. The molecule has 1 amide bonds. The monoisotopic (exact) mass is 483 g/mol. The molecule has 0 aliphatic carbocycles. The first kappa shape index (κ1) is 33.9. The van der Waals surface area contributed by atoms with Gasteiger partial charge in [-0.2, -0.15) is 0 Å². The van der Waals surface area contributed by atoms with E-state index in [-0.39, 0.29) is 70.3 Å². The molecule has 31 heavy (non-hydrogen) atoms. The van der Waals surface area contributed by atoms with Crippen molar-refractivity contribution < 1.29 is 69.1 Å². The van der Waals surface area contributed by atoms with E-state index in [0.717, 1.165) is 12.8 Å². The molecule has 0 rings (SSSR count). The number of allylic oxidation sites excluding steroid dienone is 1. The molecule has 0 aliphatic rings. The van der Waals surface area contributed by atoms with E-state index in [0.29, 0.717) is 0 Å². The maximum atomic E-state index is 11.9. The molecule has 0 saturated heterocycles. The molecule has 0 unspecified atom stereocenters. The minimum Gasteiger partial charge on any atom is -0.748 e. The van der Waals surface area contributed by atoms with Crippen LogP contribution in [0.4, 0.5) is 0 Å². The zero-order valence-electron chi connectivity index (χ0n) is 20.6. The predicted octanol–water partition coefficient (Wildman–Crippen LogP) is 3.20. The second kappa shape index (κ2) is 23.9. The van der Waals surface area contributed by atoms with Crippen LogP contribution in [0.3, 0.4) is 0 Å². The summed E-state index contributed by atoms with van der Waals surface area (Å²) in [5.74, 6) is -0.563. The van der Waals surface area contributed by atoms with Crippen molar-refractivity contribution in [2.45, 2.75) is 116 Å². The van der Waals surface area contributed by atoms with Gasteiger partial charge in [0.1, 0.15) is 0 Å². The molecule has 0 radical (unpaired) electrons. The van der Waals surface area contributed by atoms with Gasteiger partial charge in [-0.1, -0.05) is 103 Å². The zero-order chi connectivity index (χ0) is 22.5. The number of nitrogens with zero attached hydrogens (tertiary/aromatic N) is 1. The average molecular weight is 484 g/mol. The molecule has 0 saturated carbocycles. The average Bonchev–Trinajstić information content (AvgIpc) is 2.69. The van der Waals surface area contributed by atoms with Crippen molar-refractivity contribution in [1.82, 2.24) is 4.90 Å². The topological polar surface area (TPSA) is 77.5 Å². The van der Waals surface area contributed by atoms with E-state index >= 15 is 0 Å². The van der Waals surface area contributed by atoms with E-state index in [1.54, 1.807) is 13.1 Å². The van der Waals surface area contributed by atoms with Crippen LogP contribution in [0.1, 0.15) is 116 Å². The first-order valence-electron chi connectivity index (χ1n) is 12.2. The fourth-order valence-corrected chi connectivity index (χ4v) is 4.02. The van der Waals surface area contributed by atoms with E-state index in [1.807, 2.05) is 6.08 Å². The maximum Gasteiger partial charge on any atom is 1.00 e. The van der Waals surface area contributed by atoms with Gasteiger partial charge in [0.05, 0.1) is 10.1 Å². The third-order valence-electron chi connectivity index (χ3n) is 5.50. The van der Waals surface area contributed by atoms with Gasteiger partial charge in [0, 0.05) is 19.3 Å². The molecular formula is C24H46KNO4S. The summed E-state index contributed by atoms with van der Waals surface area (Å²) in [5.41, 5.74) is 0. The largest absolute Gasteiger partial charge is 1.00 e. The predicted molar refractivity (Wildman–Crippen MR) is 126 cm³/mol. The molecule has 0 bridgehead atoms. The van der Waals surface area contributed by atoms with E-state index in [9.17, 15) is 17.8 Å². The maximum absolute atomic E-state index is 11.9. The molecular weight excluding hydrogens is 437 g/mol. The summed E-state index contributed by atoms with van der Waals surface area (Å²) >= 11 is 0. The van der Waals surface area contributed by atoms with Crippen LogP contribution in [0.5, 0.6) is 0 Å². The number of unbranched alkanes of at least 4 members (excludes halogenated alkanes) is 15. The number of hydrogen-bond acceptors (Lipinski definition) is 4. The van der Waals surface area contributed by atoms with Crippen LogP contribution >= 0.6 is 0 Å². The summed E-state index contributed by atoms with van der Waals surface area (Å²) in [5, 5.41) is 0. The fraction of sp³-hybridized carbons (Fsp3) is 0.875. The summed E-state index contributed by atoms with van der Waals surface area (Å²) in [6, 6.07) is 0. The fourth-order valence-electron chi connectivity index (χ4n) is 3.53. The van der Waals surface area contributed by atoms with Crippen LogP contribution in [0, 0.1) is 0 Å². The van der Waals surface area contributed by atoms with Gasteiger partial charge in [0.2, 0.25) is 5.91 Å². The first-order valence-corrected chi connectivity index (χ1v) is 13.8. The number of carbonyl (C=O) groups excluding carboxylic acids is 1. The molecule has 0 spiro atoms. The molecule has 5 nitrogen and oxygen atoms in total. The number of hydrogen-bond donors (Lipinski definition) is 0. The Morgan fingerprint density at radius 1 is 0.774 bits per heavy atom. The van der Waals surface area contributed by atoms with Gasteiger partial charge in [-0.3, -0.25) is 4.79 Å². The molecule has 0 aliphatic heterocycles. The van der Waals surface area contributed by atoms with E-state index in [4.69, 9.17) is 0 Å². The van der Waals surface area contributed by atoms with Gasteiger partial charge in [0.25, 0.3) is 0 Å². The van der Waals surface area contributed by atoms with Crippen LogP contribution in [0.25, 0.3) is 0 Å². The SMILES string of the molecule is CCCCCCCCCCCCCCCCC/C=C/C(=O)N(C)CCCS(=O)(=O)[O-].[K+]. The zero-order valence-corrected chi connectivity index (χ0v) is 24.5. The Bertz CT molecular complexity index is 538. The molecule has 7 heteroatoms. The molecule has 0 fully saturated rings. The van der Waals surface area contributed by atoms with Gasteiger partial charge < -0.3 is 9.45 Å². The minimum absolute atomic E-state index is 0. The van der Waals surface area contributed by atoms with Crippen LogP contribution < -0.4 is 51.4 Å². The number of rotatable bonds is 21. The van der Waals surface area contributed by atoms with Crippen LogP contribution in [-0.2, 0) is 14.9 Å². The molecule has 0 aromatic heterocycles. The normalized spacial score (nSPS) is 11.6. The smallest absolute Gasteiger partial charge is 0.748 e. The summed E-state index contributed by atoms with van der Waals surface area (Å²) in [6.07, 6.45) is 24.7. The van der Waals surface area contributed by atoms with Crippen LogP contribution in [0.15, 0.2) is 12.2 Å². The molecule has 0 heterocycles. The van der Waals surface area contributed by atoms with Crippen molar-refractivity contribution in [2.24, 2.45) is 0 Å². The second-order valence-electron chi connectivity index (χ2n) is 8.52. The second-order valence-corrected chi connectivity index (χ2v) is 10.0. The number of carbonyl (C=O) groups is 1. The van der Waals surface area contributed by atoms with Gasteiger partial charge in [-0.25, -0.2) is 8.42 Å². The van der Waals surface area contributed by atoms with E-state index < -0.39 is 15.9 Å². The third kappa shape index (κ3) is 26.9. The van der Waals surface area contributed by atoms with E-state index in [2.05, 4.69) is 6.92 Å². The Balaban J connectivity index is 0. The Hall–Kier alpha value is 0.756. The molecule has 0 N–H and O–H groups in total. The molecule has 0 atom stereocenters. The third-order valence-corrected chi connectivity index (χ3v) is 6.29. The van der Waals surface area contributed by atoms with Crippen molar-refractivity contribution in [3.63, 3.8) is 0 Å². The van der Waals surface area contributed by atoms with Crippen molar-refractivity contribution in [2.75, 3.05) is 19.3 Å². The molecule has 178 valence electrons. The summed E-state index contributed by atoms with van der Waals surface area (Å²) < 4.78 is 31.7. The van der Waals surface area contributed by atoms with Gasteiger partial charge in [-0.15, -0.1) is 0 Å². The first-order chi connectivity index (χ1) is 14.4. The van der Waals surface area contributed by atoms with Crippen molar-refractivity contribution in [1.29, 1.82) is 0 Å². The molecule has 0 aromatic carbocycles. The summed E-state index contributed by atoms with van der Waals surface area (Å²) in [7, 11) is -2.57. The van der Waals surface area contributed by atoms with Gasteiger partial charge in [-0.05, 0) is 25.3 Å². The summed E-state index contributed by atoms with van der Waals surface area (Å²) in [4.78, 5) is 13.3. The number of likely N-dealkylation sites (N-methyl/N-ethyl adjacent to an activating group) is 1. The molecule has 0 aromatic rings. The van der Waals surface area contributed by atoms with Crippen LogP contribution in [-0.4, -0.2) is 43.1 Å². The van der Waals surface area contributed by atoms with Gasteiger partial charge in [0.15, 0.2) is 0 Å². The van der Waals surface area contributed by atoms with Crippen LogP contribution in [0.2, 0.25) is 0 Å².